The molecule has 1 aromatic heterocycles. The second kappa shape index (κ2) is 9.85. The van der Waals surface area contributed by atoms with Crippen LogP contribution in [0.5, 0.6) is 0 Å². The molecule has 3 amide bonds. The molecular formula is C30H35N7O3. The molecule has 0 spiro atoms. The Morgan fingerprint density at radius 2 is 1.62 bits per heavy atom. The number of benzene rings is 2. The van der Waals surface area contributed by atoms with E-state index >= 15 is 0 Å². The van der Waals surface area contributed by atoms with Crippen LogP contribution in [0.1, 0.15) is 49.8 Å². The van der Waals surface area contributed by atoms with Gasteiger partial charge >= 0.3 is 0 Å². The highest BCUT2D eigenvalue weighted by molar-refractivity contribution is 6.14. The summed E-state index contributed by atoms with van der Waals surface area (Å²) in [5.41, 5.74) is 3.92. The average Bonchev–Trinajstić information content (AvgIpc) is 3.69. The Bertz CT molecular complexity index is 1480. The van der Waals surface area contributed by atoms with E-state index < -0.39 is 6.04 Å². The van der Waals surface area contributed by atoms with Crippen molar-refractivity contribution >= 4 is 29.1 Å². The minimum Gasteiger partial charge on any atom is -0.333 e. The molecule has 2 aliphatic heterocycles. The average molecular weight is 542 g/mol. The third kappa shape index (κ3) is 4.56. The van der Waals surface area contributed by atoms with E-state index in [1.165, 1.54) is 0 Å². The number of rotatable bonds is 4. The number of hydrogen-bond donors (Lipinski definition) is 1. The summed E-state index contributed by atoms with van der Waals surface area (Å²) >= 11 is 0. The predicted molar refractivity (Wildman–Crippen MR) is 153 cm³/mol. The van der Waals surface area contributed by atoms with Crippen LogP contribution in [-0.2, 0) is 9.59 Å². The second-order valence-corrected chi connectivity index (χ2v) is 11.4. The minimum absolute atomic E-state index is 0.0230. The molecular weight excluding hydrogens is 506 g/mol. The van der Waals surface area contributed by atoms with Gasteiger partial charge in [-0.25, -0.2) is 9.67 Å². The van der Waals surface area contributed by atoms with Crippen LogP contribution < -0.4 is 15.1 Å². The maximum atomic E-state index is 13.6. The van der Waals surface area contributed by atoms with Crippen molar-refractivity contribution in [3.05, 3.63) is 53.9 Å². The number of aromatic nitrogens is 3. The van der Waals surface area contributed by atoms with Crippen molar-refractivity contribution in [3.8, 4) is 17.1 Å². The van der Waals surface area contributed by atoms with Gasteiger partial charge in [-0.15, -0.1) is 5.10 Å². The van der Waals surface area contributed by atoms with Crippen molar-refractivity contribution in [2.45, 2.75) is 58.7 Å². The number of nitrogens with one attached hydrogen (secondary N) is 1. The number of amides is 3. The third-order valence-electron chi connectivity index (χ3n) is 8.02. The van der Waals surface area contributed by atoms with Crippen molar-refractivity contribution in [2.75, 3.05) is 29.9 Å². The SMILES string of the molecule is Cc1ccc(-n2nc(C(=O)N3C[C@@H](C)N[C@@H](C)C3)nc2-c2ccc3c(c2)N(C(=O)C2CC2)[C@H](C)C(=O)N3C)cc1. The Balaban J connectivity index is 1.46. The number of fused-ring (bicyclic) bond motifs is 1. The Morgan fingerprint density at radius 3 is 2.27 bits per heavy atom. The molecule has 3 atom stereocenters. The number of nitrogens with zero attached hydrogens (tertiary/aromatic N) is 6. The zero-order chi connectivity index (χ0) is 28.3. The van der Waals surface area contributed by atoms with Gasteiger partial charge in [0.2, 0.25) is 17.6 Å². The number of hydrogen-bond acceptors (Lipinski definition) is 6. The Labute approximate surface area is 234 Å². The molecule has 10 heteroatoms. The fourth-order valence-electron chi connectivity index (χ4n) is 5.78. The van der Waals surface area contributed by atoms with E-state index in [0.717, 1.165) is 24.1 Å². The normalized spacial score (nSPS) is 22.9. The fourth-order valence-corrected chi connectivity index (χ4v) is 5.78. The maximum absolute atomic E-state index is 13.6. The van der Waals surface area contributed by atoms with Crippen molar-refractivity contribution in [1.29, 1.82) is 0 Å². The lowest BCUT2D eigenvalue weighted by Crippen LogP contribution is -2.56. The largest absolute Gasteiger partial charge is 0.333 e. The van der Waals surface area contributed by atoms with Gasteiger partial charge in [0, 0.05) is 43.7 Å². The van der Waals surface area contributed by atoms with Crippen molar-refractivity contribution in [2.24, 2.45) is 5.92 Å². The fraction of sp³-hybridized carbons (Fsp3) is 0.433. The van der Waals surface area contributed by atoms with Crippen LogP contribution in [0.2, 0.25) is 0 Å². The van der Waals surface area contributed by atoms with Crippen LogP contribution in [-0.4, -0.2) is 75.6 Å². The molecule has 40 heavy (non-hydrogen) atoms. The van der Waals surface area contributed by atoms with Crippen LogP contribution >= 0.6 is 0 Å². The van der Waals surface area contributed by atoms with E-state index in [9.17, 15) is 14.4 Å². The summed E-state index contributed by atoms with van der Waals surface area (Å²) in [5.74, 6) is 0.224. The van der Waals surface area contributed by atoms with E-state index in [2.05, 4.69) is 19.2 Å². The molecule has 1 N–H and O–H groups in total. The van der Waals surface area contributed by atoms with E-state index in [4.69, 9.17) is 10.1 Å². The van der Waals surface area contributed by atoms with E-state index in [1.807, 2.05) is 49.4 Å². The van der Waals surface area contributed by atoms with Gasteiger partial charge in [-0.05, 0) is 70.9 Å². The molecule has 2 aromatic carbocycles. The Kier molecular flexibility index (Phi) is 6.45. The molecule has 2 fully saturated rings. The highest BCUT2D eigenvalue weighted by Crippen LogP contribution is 2.42. The van der Waals surface area contributed by atoms with Crippen LogP contribution in [0.15, 0.2) is 42.5 Å². The van der Waals surface area contributed by atoms with Gasteiger partial charge in [-0.3, -0.25) is 19.3 Å². The molecule has 0 radical (unpaired) electrons. The first kappa shape index (κ1) is 26.2. The lowest BCUT2D eigenvalue weighted by molar-refractivity contribution is -0.125. The van der Waals surface area contributed by atoms with Crippen molar-refractivity contribution < 1.29 is 14.4 Å². The summed E-state index contributed by atoms with van der Waals surface area (Å²) in [6.45, 7) is 9.06. The Hall–Kier alpha value is -4.05. The molecule has 0 bridgehead atoms. The minimum atomic E-state index is -0.607. The number of anilines is 2. The van der Waals surface area contributed by atoms with Gasteiger partial charge in [0.1, 0.15) is 6.04 Å². The molecule has 0 unspecified atom stereocenters. The van der Waals surface area contributed by atoms with Gasteiger partial charge < -0.3 is 15.1 Å². The highest BCUT2D eigenvalue weighted by Gasteiger charge is 2.43. The van der Waals surface area contributed by atoms with Gasteiger partial charge in [-0.1, -0.05) is 17.7 Å². The second-order valence-electron chi connectivity index (χ2n) is 11.4. The predicted octanol–water partition coefficient (Wildman–Crippen LogP) is 3.17. The van der Waals surface area contributed by atoms with E-state index in [-0.39, 0.29) is 41.5 Å². The summed E-state index contributed by atoms with van der Waals surface area (Å²) in [5, 5.41) is 8.16. The molecule has 10 nitrogen and oxygen atoms in total. The first-order valence-electron chi connectivity index (χ1n) is 14.0. The standard InChI is InChI=1S/C30H35N7O3/c1-17-6-11-23(12-7-17)37-27(32-26(33-37)30(40)35-15-18(2)31-19(3)16-35)22-10-13-24-25(14-22)36(29(39)21-8-9-21)20(4)28(38)34(24)5/h6-7,10-14,18-21,31H,8-9,15-16H2,1-5H3/t18-,19+,20-/m1/s1. The third-order valence-corrected chi connectivity index (χ3v) is 8.02. The monoisotopic (exact) mass is 541 g/mol. The molecule has 6 rings (SSSR count). The van der Waals surface area contributed by atoms with E-state index in [0.29, 0.717) is 35.9 Å². The molecule has 3 heterocycles. The molecule has 1 saturated carbocycles. The van der Waals surface area contributed by atoms with E-state index in [1.54, 1.807) is 33.4 Å². The Morgan fingerprint density at radius 1 is 0.950 bits per heavy atom. The maximum Gasteiger partial charge on any atom is 0.293 e. The van der Waals surface area contributed by atoms with Crippen molar-refractivity contribution in [3.63, 3.8) is 0 Å². The van der Waals surface area contributed by atoms with Crippen LogP contribution in [0.4, 0.5) is 11.4 Å². The van der Waals surface area contributed by atoms with Crippen LogP contribution in [0, 0.1) is 12.8 Å². The summed E-state index contributed by atoms with van der Waals surface area (Å²) in [6.07, 6.45) is 1.69. The first-order valence-corrected chi connectivity index (χ1v) is 14.0. The molecule has 1 saturated heterocycles. The lowest BCUT2D eigenvalue weighted by Gasteiger charge is -2.39. The molecule has 3 aromatic rings. The van der Waals surface area contributed by atoms with Gasteiger partial charge in [0.05, 0.1) is 17.1 Å². The van der Waals surface area contributed by atoms with Gasteiger partial charge in [-0.2, -0.15) is 0 Å². The number of piperazine rings is 1. The van der Waals surface area contributed by atoms with Crippen LogP contribution in [0.25, 0.3) is 17.1 Å². The zero-order valence-corrected chi connectivity index (χ0v) is 23.6. The van der Waals surface area contributed by atoms with Crippen LogP contribution in [0.3, 0.4) is 0 Å². The summed E-state index contributed by atoms with van der Waals surface area (Å²) in [4.78, 5) is 49.8. The molecule has 1 aliphatic carbocycles. The quantitative estimate of drug-likeness (QED) is 0.544. The highest BCUT2D eigenvalue weighted by atomic mass is 16.2. The molecule has 3 aliphatic rings. The summed E-state index contributed by atoms with van der Waals surface area (Å²) in [6, 6.07) is 13.2. The van der Waals surface area contributed by atoms with Gasteiger partial charge in [0.15, 0.2) is 5.82 Å². The number of carbonyl (C=O) groups is 3. The summed E-state index contributed by atoms with van der Waals surface area (Å²) in [7, 11) is 1.73. The molecule has 208 valence electrons. The zero-order valence-electron chi connectivity index (χ0n) is 23.6. The lowest BCUT2D eigenvalue weighted by atomic mass is 10.0. The summed E-state index contributed by atoms with van der Waals surface area (Å²) < 4.78 is 1.69. The number of likely N-dealkylation sites (N-methyl/N-ethyl adjacent to an activating group) is 1. The van der Waals surface area contributed by atoms with Crippen molar-refractivity contribution in [1.82, 2.24) is 25.0 Å². The van der Waals surface area contributed by atoms with Gasteiger partial charge in [0.25, 0.3) is 5.91 Å². The smallest absolute Gasteiger partial charge is 0.293 e. The first-order chi connectivity index (χ1) is 19.1. The topological polar surface area (TPSA) is 104 Å². The number of aryl methyl sites for hydroxylation is 1. The number of carbonyl (C=O) groups excluding carboxylic acids is 3.